The fraction of sp³-hybridized carbons (Fsp3) is 0.263. The highest BCUT2D eigenvalue weighted by Crippen LogP contribution is 2.36. The zero-order chi connectivity index (χ0) is 18.8. The minimum absolute atomic E-state index is 0.0190. The van der Waals surface area contributed by atoms with Gasteiger partial charge >= 0.3 is 0 Å². The van der Waals surface area contributed by atoms with Crippen LogP contribution in [0.4, 0.5) is 4.39 Å². The van der Waals surface area contributed by atoms with Gasteiger partial charge in [0, 0.05) is 18.9 Å². The van der Waals surface area contributed by atoms with E-state index in [1.165, 1.54) is 24.1 Å². The van der Waals surface area contributed by atoms with Gasteiger partial charge in [-0.3, -0.25) is 4.79 Å². The van der Waals surface area contributed by atoms with Crippen LogP contribution in [0.2, 0.25) is 5.02 Å². The second kappa shape index (κ2) is 7.33. The summed E-state index contributed by atoms with van der Waals surface area (Å²) in [5.41, 5.74) is 2.28. The van der Waals surface area contributed by atoms with Crippen molar-refractivity contribution in [2.45, 2.75) is 19.4 Å². The number of carbonyl (C=O) groups excluding carboxylic acids is 1. The Morgan fingerprint density at radius 3 is 2.54 bits per heavy atom. The first-order chi connectivity index (χ1) is 12.4. The molecule has 2 aromatic carbocycles. The first-order valence-electron chi connectivity index (χ1n) is 7.99. The third-order valence-electron chi connectivity index (χ3n) is 4.28. The van der Waals surface area contributed by atoms with E-state index in [1.54, 1.807) is 26.4 Å². The summed E-state index contributed by atoms with van der Waals surface area (Å²) in [7, 11) is 3.12. The monoisotopic (exact) mass is 376 g/mol. The number of nitrogens with zero attached hydrogens (tertiary/aromatic N) is 2. The Labute approximate surface area is 156 Å². The number of hydrazone groups is 1. The zero-order valence-electron chi connectivity index (χ0n) is 14.6. The van der Waals surface area contributed by atoms with E-state index in [2.05, 4.69) is 5.10 Å². The Balaban J connectivity index is 1.96. The zero-order valence-corrected chi connectivity index (χ0v) is 15.4. The second-order valence-corrected chi connectivity index (χ2v) is 6.28. The van der Waals surface area contributed by atoms with Gasteiger partial charge in [0.15, 0.2) is 11.5 Å². The molecule has 0 aromatic heterocycles. The van der Waals surface area contributed by atoms with E-state index in [0.29, 0.717) is 17.9 Å². The van der Waals surface area contributed by atoms with Crippen LogP contribution >= 0.6 is 11.6 Å². The van der Waals surface area contributed by atoms with Gasteiger partial charge in [0.25, 0.3) is 0 Å². The molecule has 1 aliphatic heterocycles. The number of halogens is 2. The number of ether oxygens (including phenoxy) is 2. The average molecular weight is 377 g/mol. The van der Waals surface area contributed by atoms with E-state index < -0.39 is 5.82 Å². The Morgan fingerprint density at radius 1 is 1.19 bits per heavy atom. The van der Waals surface area contributed by atoms with Crippen molar-refractivity contribution in [3.05, 3.63) is 58.4 Å². The second-order valence-electron chi connectivity index (χ2n) is 5.87. The molecule has 1 atom stereocenters. The number of rotatable bonds is 4. The van der Waals surface area contributed by atoms with Crippen LogP contribution in [-0.4, -0.2) is 30.8 Å². The predicted molar refractivity (Wildman–Crippen MR) is 97.4 cm³/mol. The van der Waals surface area contributed by atoms with Crippen molar-refractivity contribution in [3.63, 3.8) is 0 Å². The number of carbonyl (C=O) groups is 1. The van der Waals surface area contributed by atoms with Gasteiger partial charge in [0.1, 0.15) is 5.82 Å². The van der Waals surface area contributed by atoms with Gasteiger partial charge in [-0.15, -0.1) is 0 Å². The highest BCUT2D eigenvalue weighted by Gasteiger charge is 2.32. The van der Waals surface area contributed by atoms with Crippen molar-refractivity contribution in [1.82, 2.24) is 5.01 Å². The molecule has 0 unspecified atom stereocenters. The van der Waals surface area contributed by atoms with Gasteiger partial charge < -0.3 is 9.47 Å². The standard InChI is InChI=1S/C19H18ClFN2O3/c1-11(24)23-17(13-4-6-15(21)14(20)8-13)10-16(22-23)12-5-7-18(25-2)19(9-12)26-3/h4-9,17H,10H2,1-3H3/t17-/m1/s1. The van der Waals surface area contributed by atoms with Crippen LogP contribution in [0.5, 0.6) is 11.5 Å². The molecule has 1 amide bonds. The fourth-order valence-corrected chi connectivity index (χ4v) is 3.16. The molecule has 0 spiro atoms. The lowest BCUT2D eigenvalue weighted by molar-refractivity contribution is -0.130. The maximum atomic E-state index is 13.5. The minimum Gasteiger partial charge on any atom is -0.493 e. The highest BCUT2D eigenvalue weighted by molar-refractivity contribution is 6.30. The molecule has 0 fully saturated rings. The number of hydrogen-bond acceptors (Lipinski definition) is 4. The summed E-state index contributed by atoms with van der Waals surface area (Å²) >= 11 is 5.90. The quantitative estimate of drug-likeness (QED) is 0.803. The first-order valence-corrected chi connectivity index (χ1v) is 8.37. The molecule has 5 nitrogen and oxygen atoms in total. The topological polar surface area (TPSA) is 51.1 Å². The molecule has 0 saturated carbocycles. The summed E-state index contributed by atoms with van der Waals surface area (Å²) in [6.45, 7) is 1.44. The third kappa shape index (κ3) is 3.37. The molecule has 26 heavy (non-hydrogen) atoms. The molecule has 1 aliphatic rings. The summed E-state index contributed by atoms with van der Waals surface area (Å²) in [5.74, 6) is 0.491. The summed E-state index contributed by atoms with van der Waals surface area (Å²) in [4.78, 5) is 12.0. The number of amides is 1. The third-order valence-corrected chi connectivity index (χ3v) is 4.57. The average Bonchev–Trinajstić information content (AvgIpc) is 3.09. The van der Waals surface area contributed by atoms with Crippen molar-refractivity contribution < 1.29 is 18.7 Å². The summed E-state index contributed by atoms with van der Waals surface area (Å²) in [6.07, 6.45) is 0.483. The van der Waals surface area contributed by atoms with Crippen LogP contribution in [0.15, 0.2) is 41.5 Å². The van der Waals surface area contributed by atoms with Crippen LogP contribution < -0.4 is 9.47 Å². The maximum absolute atomic E-state index is 13.5. The lowest BCUT2D eigenvalue weighted by Gasteiger charge is -2.20. The first kappa shape index (κ1) is 18.2. The van der Waals surface area contributed by atoms with E-state index >= 15 is 0 Å². The van der Waals surface area contributed by atoms with Gasteiger partial charge in [-0.1, -0.05) is 17.7 Å². The summed E-state index contributed by atoms with van der Waals surface area (Å²) in [5, 5.41) is 5.88. The fourth-order valence-electron chi connectivity index (χ4n) is 2.97. The van der Waals surface area contributed by atoms with Gasteiger partial charge in [0.05, 0.1) is 31.0 Å². The smallest absolute Gasteiger partial charge is 0.240 e. The molecule has 3 rings (SSSR count). The number of benzene rings is 2. The summed E-state index contributed by atoms with van der Waals surface area (Å²) in [6, 6.07) is 9.57. The molecule has 0 N–H and O–H groups in total. The van der Waals surface area contributed by atoms with Gasteiger partial charge in [-0.25, -0.2) is 9.40 Å². The van der Waals surface area contributed by atoms with Crippen molar-refractivity contribution >= 4 is 23.2 Å². The molecule has 136 valence electrons. The molecule has 0 radical (unpaired) electrons. The predicted octanol–water partition coefficient (Wildman–Crippen LogP) is 4.19. The largest absolute Gasteiger partial charge is 0.493 e. The van der Waals surface area contributed by atoms with Gasteiger partial charge in [0.2, 0.25) is 5.91 Å². The van der Waals surface area contributed by atoms with E-state index in [4.69, 9.17) is 21.1 Å². The Bertz CT molecular complexity index is 885. The molecule has 0 bridgehead atoms. The van der Waals surface area contributed by atoms with Crippen LogP contribution in [-0.2, 0) is 4.79 Å². The van der Waals surface area contributed by atoms with Gasteiger partial charge in [-0.2, -0.15) is 5.10 Å². The van der Waals surface area contributed by atoms with E-state index in [-0.39, 0.29) is 17.0 Å². The van der Waals surface area contributed by atoms with Gasteiger partial charge in [-0.05, 0) is 35.9 Å². The number of methoxy groups -OCH3 is 2. The molecule has 0 saturated heterocycles. The van der Waals surface area contributed by atoms with Crippen molar-refractivity contribution in [2.24, 2.45) is 5.10 Å². The Morgan fingerprint density at radius 2 is 1.92 bits per heavy atom. The summed E-state index contributed by atoms with van der Waals surface area (Å²) < 4.78 is 24.1. The van der Waals surface area contributed by atoms with Crippen LogP contribution in [0, 0.1) is 5.82 Å². The highest BCUT2D eigenvalue weighted by atomic mass is 35.5. The minimum atomic E-state index is -0.496. The normalized spacial score (nSPS) is 16.4. The number of hydrogen-bond donors (Lipinski definition) is 0. The molecule has 0 aliphatic carbocycles. The van der Waals surface area contributed by atoms with Crippen molar-refractivity contribution in [2.75, 3.05) is 14.2 Å². The molecule has 2 aromatic rings. The Hall–Kier alpha value is -2.60. The van der Waals surface area contributed by atoms with E-state index in [9.17, 15) is 9.18 Å². The van der Waals surface area contributed by atoms with Crippen LogP contribution in [0.25, 0.3) is 0 Å². The lowest BCUT2D eigenvalue weighted by Crippen LogP contribution is -2.24. The lowest BCUT2D eigenvalue weighted by atomic mass is 9.98. The van der Waals surface area contributed by atoms with Crippen molar-refractivity contribution in [1.29, 1.82) is 0 Å². The molecular formula is C19H18ClFN2O3. The SMILES string of the molecule is COc1ccc(C2=NN(C(C)=O)[C@@H](c3ccc(F)c(Cl)c3)C2)cc1OC. The van der Waals surface area contributed by atoms with Crippen LogP contribution in [0.1, 0.15) is 30.5 Å². The maximum Gasteiger partial charge on any atom is 0.240 e. The molecule has 7 heteroatoms. The Kier molecular flexibility index (Phi) is 5.13. The molecular weight excluding hydrogens is 359 g/mol. The van der Waals surface area contributed by atoms with E-state index in [0.717, 1.165) is 16.8 Å². The van der Waals surface area contributed by atoms with E-state index in [1.807, 2.05) is 12.1 Å². The van der Waals surface area contributed by atoms with Crippen LogP contribution in [0.3, 0.4) is 0 Å². The van der Waals surface area contributed by atoms with Crippen molar-refractivity contribution in [3.8, 4) is 11.5 Å². The molecule has 1 heterocycles.